The van der Waals surface area contributed by atoms with E-state index in [0.29, 0.717) is 11.5 Å². The molecule has 2 aliphatic rings. The molecule has 2 aromatic heterocycles. The van der Waals surface area contributed by atoms with Crippen LogP contribution in [-0.2, 0) is 19.4 Å². The third kappa shape index (κ3) is 3.38. The van der Waals surface area contributed by atoms with Crippen LogP contribution in [-0.4, -0.2) is 33.8 Å². The second-order valence-electron chi connectivity index (χ2n) is 7.17. The van der Waals surface area contributed by atoms with E-state index in [0.717, 1.165) is 69.7 Å². The molecule has 0 saturated carbocycles. The third-order valence-electron chi connectivity index (χ3n) is 5.54. The average Bonchev–Trinajstić information content (AvgIpc) is 3.30. The molecule has 0 aromatic carbocycles. The van der Waals surface area contributed by atoms with Gasteiger partial charge in [0.2, 0.25) is 0 Å². The van der Waals surface area contributed by atoms with Crippen LogP contribution in [0.4, 0.5) is 5.82 Å². The van der Waals surface area contributed by atoms with Gasteiger partial charge in [0, 0.05) is 37.7 Å². The van der Waals surface area contributed by atoms with Gasteiger partial charge in [0.05, 0.1) is 5.56 Å². The molecule has 6 heteroatoms. The normalized spacial score (nSPS) is 17.7. The summed E-state index contributed by atoms with van der Waals surface area (Å²) in [6, 6.07) is 3.95. The van der Waals surface area contributed by atoms with Gasteiger partial charge in [-0.3, -0.25) is 9.48 Å². The van der Waals surface area contributed by atoms with E-state index < -0.39 is 0 Å². The van der Waals surface area contributed by atoms with Crippen molar-refractivity contribution in [2.24, 2.45) is 11.7 Å². The molecule has 0 atom stereocenters. The Morgan fingerprint density at radius 2 is 2.12 bits per heavy atom. The highest BCUT2D eigenvalue weighted by molar-refractivity contribution is 5.98. The molecule has 4 rings (SSSR count). The van der Waals surface area contributed by atoms with E-state index in [9.17, 15) is 4.79 Å². The largest absolute Gasteiger partial charge is 0.365 e. The minimum absolute atomic E-state index is 0.363. The summed E-state index contributed by atoms with van der Waals surface area (Å²) in [5, 5.41) is 4.27. The number of aryl methyl sites for hydroxylation is 3. The van der Waals surface area contributed by atoms with E-state index in [4.69, 9.17) is 10.7 Å². The standard InChI is InChI=1S/C19H25N5O/c20-18(25)16-13-15-3-1-4-17(15)22-19(16)23-10-5-14(6-11-23)7-12-24-9-2-8-21-24/h2,8-9,13-14H,1,3-7,10-12H2,(H2,20,25). The number of primary amides is 1. The molecule has 0 unspecified atom stereocenters. The molecule has 1 aliphatic heterocycles. The lowest BCUT2D eigenvalue weighted by molar-refractivity contribution is 0.1000. The smallest absolute Gasteiger partial charge is 0.252 e. The predicted octanol–water partition coefficient (Wildman–Crippen LogP) is 2.17. The molecule has 132 valence electrons. The lowest BCUT2D eigenvalue weighted by atomic mass is 9.93. The van der Waals surface area contributed by atoms with Crippen LogP contribution in [0.15, 0.2) is 24.5 Å². The molecule has 0 spiro atoms. The fraction of sp³-hybridized carbons (Fsp3) is 0.526. The number of carbonyl (C=O) groups excluding carboxylic acids is 1. The number of amides is 1. The first-order valence-electron chi connectivity index (χ1n) is 9.25. The summed E-state index contributed by atoms with van der Waals surface area (Å²) in [5.41, 5.74) is 8.58. The molecule has 1 fully saturated rings. The number of anilines is 1. The van der Waals surface area contributed by atoms with Gasteiger partial charge in [0.15, 0.2) is 0 Å². The molecular formula is C19H25N5O. The Morgan fingerprint density at radius 3 is 2.84 bits per heavy atom. The number of hydrogen-bond donors (Lipinski definition) is 1. The van der Waals surface area contributed by atoms with Crippen LogP contribution < -0.4 is 10.6 Å². The molecule has 1 saturated heterocycles. The van der Waals surface area contributed by atoms with Crippen LogP contribution in [0.3, 0.4) is 0 Å². The Kier molecular flexibility index (Phi) is 4.42. The molecule has 3 heterocycles. The Labute approximate surface area is 148 Å². The quantitative estimate of drug-likeness (QED) is 0.906. The van der Waals surface area contributed by atoms with Crippen molar-refractivity contribution in [3.63, 3.8) is 0 Å². The summed E-state index contributed by atoms with van der Waals surface area (Å²) in [4.78, 5) is 19.0. The predicted molar refractivity (Wildman–Crippen MR) is 96.6 cm³/mol. The summed E-state index contributed by atoms with van der Waals surface area (Å²) in [7, 11) is 0. The first kappa shape index (κ1) is 16.1. The molecular weight excluding hydrogens is 314 g/mol. The van der Waals surface area contributed by atoms with Gasteiger partial charge < -0.3 is 10.6 Å². The monoisotopic (exact) mass is 339 g/mol. The number of pyridine rings is 1. The van der Waals surface area contributed by atoms with Crippen molar-refractivity contribution in [2.45, 2.75) is 45.1 Å². The SMILES string of the molecule is NC(=O)c1cc2c(nc1N1CCC(CCn3cccn3)CC1)CCC2. The topological polar surface area (TPSA) is 77.0 Å². The average molecular weight is 339 g/mol. The summed E-state index contributed by atoms with van der Waals surface area (Å²) in [6.45, 7) is 2.85. The van der Waals surface area contributed by atoms with E-state index in [-0.39, 0.29) is 5.91 Å². The molecule has 2 aromatic rings. The highest BCUT2D eigenvalue weighted by Crippen LogP contribution is 2.30. The first-order chi connectivity index (χ1) is 12.2. The number of piperidine rings is 1. The lowest BCUT2D eigenvalue weighted by Crippen LogP contribution is -2.36. The molecule has 2 N–H and O–H groups in total. The van der Waals surface area contributed by atoms with Gasteiger partial charge in [0.25, 0.3) is 5.91 Å². The van der Waals surface area contributed by atoms with Crippen LogP contribution >= 0.6 is 0 Å². The van der Waals surface area contributed by atoms with E-state index in [1.54, 1.807) is 0 Å². The van der Waals surface area contributed by atoms with Gasteiger partial charge in [-0.1, -0.05) is 0 Å². The molecule has 6 nitrogen and oxygen atoms in total. The number of fused-ring (bicyclic) bond motifs is 1. The Morgan fingerprint density at radius 1 is 1.28 bits per heavy atom. The minimum atomic E-state index is -0.363. The number of nitrogens with zero attached hydrogens (tertiary/aromatic N) is 4. The van der Waals surface area contributed by atoms with Crippen LogP contribution in [0.2, 0.25) is 0 Å². The number of aromatic nitrogens is 3. The lowest BCUT2D eigenvalue weighted by Gasteiger charge is -2.34. The summed E-state index contributed by atoms with van der Waals surface area (Å²) in [6.07, 6.45) is 10.4. The number of nitrogens with two attached hydrogens (primary N) is 1. The van der Waals surface area contributed by atoms with E-state index in [1.807, 2.05) is 29.2 Å². The van der Waals surface area contributed by atoms with Crippen molar-refractivity contribution in [3.8, 4) is 0 Å². The van der Waals surface area contributed by atoms with E-state index in [2.05, 4.69) is 10.00 Å². The van der Waals surface area contributed by atoms with Crippen molar-refractivity contribution in [3.05, 3.63) is 41.3 Å². The Hall–Kier alpha value is -2.37. The third-order valence-corrected chi connectivity index (χ3v) is 5.54. The fourth-order valence-corrected chi connectivity index (χ4v) is 4.06. The summed E-state index contributed by atoms with van der Waals surface area (Å²) >= 11 is 0. The van der Waals surface area contributed by atoms with Gasteiger partial charge in [-0.25, -0.2) is 4.98 Å². The van der Waals surface area contributed by atoms with Crippen LogP contribution in [0.1, 0.15) is 47.3 Å². The molecule has 0 bridgehead atoms. The molecule has 0 radical (unpaired) electrons. The van der Waals surface area contributed by atoms with E-state index >= 15 is 0 Å². The van der Waals surface area contributed by atoms with Gasteiger partial charge in [0.1, 0.15) is 5.82 Å². The zero-order valence-corrected chi connectivity index (χ0v) is 14.5. The van der Waals surface area contributed by atoms with Crippen molar-refractivity contribution in [1.29, 1.82) is 0 Å². The van der Waals surface area contributed by atoms with Gasteiger partial charge in [-0.05, 0) is 62.1 Å². The highest BCUT2D eigenvalue weighted by atomic mass is 16.1. The van der Waals surface area contributed by atoms with Gasteiger partial charge in [-0.2, -0.15) is 5.10 Å². The van der Waals surface area contributed by atoms with Crippen molar-refractivity contribution >= 4 is 11.7 Å². The number of carbonyl (C=O) groups is 1. The van der Waals surface area contributed by atoms with Crippen LogP contribution in [0.25, 0.3) is 0 Å². The Balaban J connectivity index is 1.43. The fourth-order valence-electron chi connectivity index (χ4n) is 4.06. The van der Waals surface area contributed by atoms with Crippen molar-refractivity contribution in [1.82, 2.24) is 14.8 Å². The number of rotatable bonds is 5. The summed E-state index contributed by atoms with van der Waals surface area (Å²) in [5.74, 6) is 1.14. The minimum Gasteiger partial charge on any atom is -0.365 e. The molecule has 1 amide bonds. The van der Waals surface area contributed by atoms with Crippen molar-refractivity contribution in [2.75, 3.05) is 18.0 Å². The second kappa shape index (κ2) is 6.86. The zero-order chi connectivity index (χ0) is 17.2. The maximum Gasteiger partial charge on any atom is 0.252 e. The molecule has 25 heavy (non-hydrogen) atoms. The number of hydrogen-bond acceptors (Lipinski definition) is 4. The highest BCUT2D eigenvalue weighted by Gasteiger charge is 2.26. The van der Waals surface area contributed by atoms with Crippen LogP contribution in [0, 0.1) is 5.92 Å². The second-order valence-corrected chi connectivity index (χ2v) is 7.17. The maximum atomic E-state index is 11.9. The van der Waals surface area contributed by atoms with Gasteiger partial charge >= 0.3 is 0 Å². The van der Waals surface area contributed by atoms with Crippen molar-refractivity contribution < 1.29 is 4.79 Å². The van der Waals surface area contributed by atoms with E-state index in [1.165, 1.54) is 5.56 Å². The van der Waals surface area contributed by atoms with Gasteiger partial charge in [-0.15, -0.1) is 0 Å². The first-order valence-corrected chi connectivity index (χ1v) is 9.25. The van der Waals surface area contributed by atoms with Crippen LogP contribution in [0.5, 0.6) is 0 Å². The maximum absolute atomic E-state index is 11.9. The summed E-state index contributed by atoms with van der Waals surface area (Å²) < 4.78 is 2.00. The zero-order valence-electron chi connectivity index (χ0n) is 14.5. The molecule has 1 aliphatic carbocycles. The Bertz CT molecular complexity index is 747.